The van der Waals surface area contributed by atoms with E-state index in [1.165, 1.54) is 12.8 Å². The number of nitrogens with one attached hydrogen (secondary N) is 2. The smallest absolute Gasteiger partial charge is 0.224 e. The fraction of sp³-hybridized carbons (Fsp3) is 0.500. The molecular weight excluding hydrogens is 308 g/mol. The first-order valence-electron chi connectivity index (χ1n) is 8.26. The van der Waals surface area contributed by atoms with Gasteiger partial charge in [0.25, 0.3) is 0 Å². The van der Waals surface area contributed by atoms with E-state index < -0.39 is 0 Å². The average molecular weight is 332 g/mol. The van der Waals surface area contributed by atoms with E-state index in [9.17, 15) is 4.79 Å². The third-order valence-corrected chi connectivity index (χ3v) is 4.62. The predicted molar refractivity (Wildman–Crippen MR) is 92.1 cm³/mol. The minimum absolute atomic E-state index is 0.0413. The first-order chi connectivity index (χ1) is 11.7. The molecule has 0 radical (unpaired) electrons. The molecule has 0 spiro atoms. The van der Waals surface area contributed by atoms with Crippen molar-refractivity contribution >= 4 is 16.8 Å². The van der Waals surface area contributed by atoms with Gasteiger partial charge in [0.2, 0.25) is 11.7 Å². The molecule has 6 nitrogen and oxygen atoms in total. The minimum atomic E-state index is 0.0413. The summed E-state index contributed by atoms with van der Waals surface area (Å²) in [7, 11) is 4.75. The molecule has 0 atom stereocenters. The van der Waals surface area contributed by atoms with Crippen LogP contribution < -0.4 is 19.5 Å². The van der Waals surface area contributed by atoms with Gasteiger partial charge in [-0.25, -0.2) is 0 Å². The number of carbonyl (C=O) groups is 1. The summed E-state index contributed by atoms with van der Waals surface area (Å²) in [5.74, 6) is 1.74. The van der Waals surface area contributed by atoms with E-state index in [1.807, 2.05) is 12.3 Å². The lowest BCUT2D eigenvalue weighted by Gasteiger charge is -2.14. The van der Waals surface area contributed by atoms with Crippen LogP contribution >= 0.6 is 0 Å². The minimum Gasteiger partial charge on any atom is -0.493 e. The average Bonchev–Trinajstić information content (AvgIpc) is 3.23. The lowest BCUT2D eigenvalue weighted by molar-refractivity contribution is -0.121. The Kier molecular flexibility index (Phi) is 4.83. The molecule has 0 unspecified atom stereocenters. The number of carbonyl (C=O) groups excluding carboxylic acids is 1. The maximum Gasteiger partial charge on any atom is 0.224 e. The highest BCUT2D eigenvalue weighted by molar-refractivity contribution is 5.96. The number of methoxy groups -OCH3 is 3. The van der Waals surface area contributed by atoms with Crippen LogP contribution in [-0.2, 0) is 11.2 Å². The van der Waals surface area contributed by atoms with E-state index in [0.29, 0.717) is 29.7 Å². The van der Waals surface area contributed by atoms with E-state index >= 15 is 0 Å². The van der Waals surface area contributed by atoms with E-state index in [-0.39, 0.29) is 5.91 Å². The van der Waals surface area contributed by atoms with Crippen molar-refractivity contribution in [2.75, 3.05) is 21.3 Å². The molecule has 1 aliphatic rings. The Hall–Kier alpha value is -2.37. The van der Waals surface area contributed by atoms with Crippen molar-refractivity contribution in [2.45, 2.75) is 38.1 Å². The number of amides is 1. The molecule has 1 amide bonds. The van der Waals surface area contributed by atoms with Crippen molar-refractivity contribution in [1.82, 2.24) is 10.3 Å². The second kappa shape index (κ2) is 7.03. The summed E-state index contributed by atoms with van der Waals surface area (Å²) in [5.41, 5.74) is 1.74. The van der Waals surface area contributed by atoms with Gasteiger partial charge in [-0.05, 0) is 18.4 Å². The number of ether oxygens (including phenoxy) is 3. The second-order valence-electron chi connectivity index (χ2n) is 6.11. The van der Waals surface area contributed by atoms with Gasteiger partial charge < -0.3 is 24.5 Å². The molecule has 1 aromatic heterocycles. The van der Waals surface area contributed by atoms with Crippen LogP contribution in [0.3, 0.4) is 0 Å². The van der Waals surface area contributed by atoms with Crippen LogP contribution in [0.25, 0.3) is 10.9 Å². The molecular formula is C18H24N2O4. The first kappa shape index (κ1) is 16.5. The highest BCUT2D eigenvalue weighted by atomic mass is 16.5. The number of hydrogen-bond donors (Lipinski definition) is 2. The Balaban J connectivity index is 1.92. The maximum atomic E-state index is 12.4. The summed E-state index contributed by atoms with van der Waals surface area (Å²) in [4.78, 5) is 15.6. The maximum absolute atomic E-state index is 12.4. The zero-order chi connectivity index (χ0) is 17.1. The highest BCUT2D eigenvalue weighted by Gasteiger charge is 2.22. The molecule has 130 valence electrons. The third-order valence-electron chi connectivity index (χ3n) is 4.62. The summed E-state index contributed by atoms with van der Waals surface area (Å²) in [6.07, 6.45) is 6.70. The van der Waals surface area contributed by atoms with Crippen molar-refractivity contribution in [3.63, 3.8) is 0 Å². The van der Waals surface area contributed by atoms with Crippen molar-refractivity contribution < 1.29 is 19.0 Å². The Labute approximate surface area is 141 Å². The van der Waals surface area contributed by atoms with Gasteiger partial charge in [0.05, 0.1) is 33.3 Å². The first-order valence-corrected chi connectivity index (χ1v) is 8.26. The number of rotatable bonds is 6. The van der Waals surface area contributed by atoms with E-state index in [1.54, 1.807) is 21.3 Å². The van der Waals surface area contributed by atoms with E-state index in [4.69, 9.17) is 14.2 Å². The Morgan fingerprint density at radius 3 is 2.50 bits per heavy atom. The fourth-order valence-corrected chi connectivity index (χ4v) is 3.49. The van der Waals surface area contributed by atoms with Gasteiger partial charge in [0.1, 0.15) is 0 Å². The molecule has 1 fully saturated rings. The molecule has 1 aliphatic carbocycles. The zero-order valence-corrected chi connectivity index (χ0v) is 14.4. The molecule has 0 bridgehead atoms. The fourth-order valence-electron chi connectivity index (χ4n) is 3.49. The molecule has 1 heterocycles. The molecule has 3 rings (SSSR count). The number of benzene rings is 1. The van der Waals surface area contributed by atoms with Gasteiger partial charge in [-0.3, -0.25) is 4.79 Å². The monoisotopic (exact) mass is 332 g/mol. The molecule has 24 heavy (non-hydrogen) atoms. The zero-order valence-electron chi connectivity index (χ0n) is 14.4. The van der Waals surface area contributed by atoms with Gasteiger partial charge >= 0.3 is 0 Å². The van der Waals surface area contributed by atoms with Crippen molar-refractivity contribution in [2.24, 2.45) is 0 Å². The highest BCUT2D eigenvalue weighted by Crippen LogP contribution is 2.44. The number of aromatic nitrogens is 1. The van der Waals surface area contributed by atoms with Gasteiger partial charge in [0.15, 0.2) is 11.5 Å². The van der Waals surface area contributed by atoms with Crippen LogP contribution in [-0.4, -0.2) is 38.3 Å². The standard InChI is InChI=1S/C18H24N2O4/c1-22-14-9-13-16(18(24-3)17(14)23-2)11(10-19-13)8-15(21)20-12-6-4-5-7-12/h9-10,12,19H,4-8H2,1-3H3,(H,20,21). The Morgan fingerprint density at radius 2 is 1.88 bits per heavy atom. The van der Waals surface area contributed by atoms with Crippen LogP contribution in [0.4, 0.5) is 0 Å². The molecule has 2 aromatic rings. The molecule has 1 aromatic carbocycles. The van der Waals surface area contributed by atoms with Crippen LogP contribution in [0.2, 0.25) is 0 Å². The van der Waals surface area contributed by atoms with Crippen molar-refractivity contribution in [3.8, 4) is 17.2 Å². The van der Waals surface area contributed by atoms with Gasteiger partial charge in [-0.1, -0.05) is 12.8 Å². The summed E-state index contributed by atoms with van der Waals surface area (Å²) >= 11 is 0. The van der Waals surface area contributed by atoms with Crippen molar-refractivity contribution in [3.05, 3.63) is 17.8 Å². The normalized spacial score (nSPS) is 14.8. The summed E-state index contributed by atoms with van der Waals surface area (Å²) in [5, 5.41) is 3.98. The third kappa shape index (κ3) is 3.00. The van der Waals surface area contributed by atoms with Gasteiger partial charge in [-0.15, -0.1) is 0 Å². The number of hydrogen-bond acceptors (Lipinski definition) is 4. The van der Waals surface area contributed by atoms with E-state index in [2.05, 4.69) is 10.3 Å². The topological polar surface area (TPSA) is 72.6 Å². The quantitative estimate of drug-likeness (QED) is 0.853. The Morgan fingerprint density at radius 1 is 1.17 bits per heavy atom. The number of H-pyrrole nitrogens is 1. The molecule has 0 aliphatic heterocycles. The Bertz CT molecular complexity index is 732. The molecule has 6 heteroatoms. The lowest BCUT2D eigenvalue weighted by atomic mass is 10.1. The lowest BCUT2D eigenvalue weighted by Crippen LogP contribution is -2.33. The SMILES string of the molecule is COc1cc2[nH]cc(CC(=O)NC3CCCC3)c2c(OC)c1OC. The predicted octanol–water partition coefficient (Wildman–Crippen LogP) is 2.80. The summed E-state index contributed by atoms with van der Waals surface area (Å²) < 4.78 is 16.3. The van der Waals surface area contributed by atoms with E-state index in [0.717, 1.165) is 29.3 Å². The van der Waals surface area contributed by atoms with Crippen LogP contribution in [0.5, 0.6) is 17.2 Å². The number of aromatic amines is 1. The number of fused-ring (bicyclic) bond motifs is 1. The van der Waals surface area contributed by atoms with Crippen molar-refractivity contribution in [1.29, 1.82) is 0 Å². The van der Waals surface area contributed by atoms with Crippen LogP contribution in [0.1, 0.15) is 31.2 Å². The van der Waals surface area contributed by atoms with Gasteiger partial charge in [0, 0.05) is 23.7 Å². The van der Waals surface area contributed by atoms with Crippen LogP contribution in [0.15, 0.2) is 12.3 Å². The van der Waals surface area contributed by atoms with Crippen LogP contribution in [0, 0.1) is 0 Å². The molecule has 2 N–H and O–H groups in total. The molecule has 1 saturated carbocycles. The second-order valence-corrected chi connectivity index (χ2v) is 6.11. The largest absolute Gasteiger partial charge is 0.493 e. The summed E-state index contributed by atoms with van der Waals surface area (Å²) in [6.45, 7) is 0. The summed E-state index contributed by atoms with van der Waals surface area (Å²) in [6, 6.07) is 2.17. The molecule has 0 saturated heterocycles. The van der Waals surface area contributed by atoms with Gasteiger partial charge in [-0.2, -0.15) is 0 Å².